The number of nitrogens with zero attached hydrogens (tertiary/aromatic N) is 4. The van der Waals surface area contributed by atoms with E-state index in [2.05, 4.69) is 4.98 Å². The van der Waals surface area contributed by atoms with Gasteiger partial charge >= 0.3 is 0 Å². The molecular weight excluding hydrogens is 344 g/mol. The quantitative estimate of drug-likeness (QED) is 0.577. The van der Waals surface area contributed by atoms with Crippen LogP contribution in [0.4, 0.5) is 0 Å². The lowest BCUT2D eigenvalue weighted by Gasteiger charge is -2.16. The molecule has 0 saturated carbocycles. The minimum Gasteiger partial charge on any atom is -0.287 e. The van der Waals surface area contributed by atoms with Crippen LogP contribution in [0, 0.1) is 11.3 Å². The van der Waals surface area contributed by atoms with Gasteiger partial charge in [0.05, 0.1) is 22.9 Å². The molecule has 25 heavy (non-hydrogen) atoms. The fourth-order valence-electron chi connectivity index (χ4n) is 3.23. The van der Waals surface area contributed by atoms with E-state index in [1.807, 2.05) is 0 Å². The predicted molar refractivity (Wildman–Crippen MR) is 90.3 cm³/mol. The lowest BCUT2D eigenvalue weighted by atomic mass is 10.2. The molecule has 9 heteroatoms. The first kappa shape index (κ1) is 15.5. The summed E-state index contributed by atoms with van der Waals surface area (Å²) in [5.74, 6) is -0.234. The van der Waals surface area contributed by atoms with Gasteiger partial charge in [-0.05, 0) is 24.6 Å². The number of rotatable bonds is 1. The molecule has 1 aliphatic heterocycles. The van der Waals surface area contributed by atoms with Gasteiger partial charge in [-0.2, -0.15) is 5.26 Å². The second kappa shape index (κ2) is 5.26. The molecule has 1 fully saturated rings. The van der Waals surface area contributed by atoms with Crippen LogP contribution in [0.1, 0.15) is 18.0 Å². The molecule has 0 bridgehead atoms. The summed E-state index contributed by atoms with van der Waals surface area (Å²) >= 11 is 0. The molecule has 0 aromatic carbocycles. The molecule has 4 heterocycles. The first-order chi connectivity index (χ1) is 11.9. The van der Waals surface area contributed by atoms with E-state index < -0.39 is 27.0 Å². The molecule has 8 nitrogen and oxygen atoms in total. The fraction of sp³-hybridized carbons (Fsp3) is 0.250. The van der Waals surface area contributed by atoms with Gasteiger partial charge in [-0.1, -0.05) is 6.07 Å². The summed E-state index contributed by atoms with van der Waals surface area (Å²) < 4.78 is 26.2. The van der Waals surface area contributed by atoms with Crippen LogP contribution >= 0.6 is 0 Å². The van der Waals surface area contributed by atoms with Crippen molar-refractivity contribution in [2.24, 2.45) is 0 Å². The topological polar surface area (TPSA) is 114 Å². The Kier molecular flexibility index (Phi) is 3.27. The molecule has 4 rings (SSSR count). The Hall–Kier alpha value is -2.99. The Morgan fingerprint density at radius 1 is 1.24 bits per heavy atom. The average molecular weight is 356 g/mol. The number of fused-ring (bicyclic) bond motifs is 2. The Labute approximate surface area is 141 Å². The summed E-state index contributed by atoms with van der Waals surface area (Å²) in [7, 11) is -3.25. The van der Waals surface area contributed by atoms with Crippen molar-refractivity contribution in [1.29, 1.82) is 5.26 Å². The standard InChI is InChI=1S/C16H12N4O4S/c17-8-10-7-12-14(18-13-3-1-2-5-19(13)16(12)22)20(15(10)21)11-4-6-25(23,24)9-11/h1-3,5,7,11H,4,6,9H2/t11-/m1/s1. The monoisotopic (exact) mass is 356 g/mol. The zero-order valence-corrected chi connectivity index (χ0v) is 13.7. The molecule has 0 spiro atoms. The van der Waals surface area contributed by atoms with E-state index in [4.69, 9.17) is 0 Å². The normalized spacial score (nSPS) is 19.2. The fourth-order valence-corrected chi connectivity index (χ4v) is 4.93. The van der Waals surface area contributed by atoms with Crippen molar-refractivity contribution >= 4 is 26.5 Å². The summed E-state index contributed by atoms with van der Waals surface area (Å²) in [6, 6.07) is 7.39. The molecule has 1 aliphatic rings. The van der Waals surface area contributed by atoms with E-state index in [0.29, 0.717) is 5.65 Å². The van der Waals surface area contributed by atoms with Crippen molar-refractivity contribution in [3.05, 3.63) is 56.7 Å². The molecular formula is C16H12N4O4S. The molecule has 0 aliphatic carbocycles. The summed E-state index contributed by atoms with van der Waals surface area (Å²) in [5, 5.41) is 9.36. The highest BCUT2D eigenvalue weighted by molar-refractivity contribution is 7.91. The second-order valence-electron chi connectivity index (χ2n) is 5.98. The summed E-state index contributed by atoms with van der Waals surface area (Å²) in [5.41, 5.74) is -0.774. The van der Waals surface area contributed by atoms with Crippen LogP contribution in [0.3, 0.4) is 0 Å². The third-order valence-electron chi connectivity index (χ3n) is 4.41. The van der Waals surface area contributed by atoms with Crippen molar-refractivity contribution in [2.75, 3.05) is 11.5 Å². The molecule has 0 N–H and O–H groups in total. The van der Waals surface area contributed by atoms with Gasteiger partial charge in [0.1, 0.15) is 17.3 Å². The highest BCUT2D eigenvalue weighted by Crippen LogP contribution is 2.25. The maximum atomic E-state index is 12.7. The van der Waals surface area contributed by atoms with Crippen LogP contribution in [0.15, 0.2) is 40.1 Å². The minimum atomic E-state index is -3.25. The maximum Gasteiger partial charge on any atom is 0.270 e. The summed E-state index contributed by atoms with van der Waals surface area (Å²) in [6.07, 6.45) is 1.80. The molecule has 0 amide bonds. The smallest absolute Gasteiger partial charge is 0.270 e. The highest BCUT2D eigenvalue weighted by atomic mass is 32.2. The largest absolute Gasteiger partial charge is 0.287 e. The third kappa shape index (κ3) is 2.34. The molecule has 1 saturated heterocycles. The first-order valence-corrected chi connectivity index (χ1v) is 9.40. The van der Waals surface area contributed by atoms with Crippen LogP contribution in [0.25, 0.3) is 16.7 Å². The molecule has 0 radical (unpaired) electrons. The van der Waals surface area contributed by atoms with Crippen LogP contribution in [-0.4, -0.2) is 33.9 Å². The van der Waals surface area contributed by atoms with Crippen LogP contribution in [0.5, 0.6) is 0 Å². The van der Waals surface area contributed by atoms with Gasteiger partial charge < -0.3 is 0 Å². The van der Waals surface area contributed by atoms with Crippen molar-refractivity contribution < 1.29 is 8.42 Å². The first-order valence-electron chi connectivity index (χ1n) is 7.58. The highest BCUT2D eigenvalue weighted by Gasteiger charge is 2.32. The van der Waals surface area contributed by atoms with Gasteiger partial charge in [-0.15, -0.1) is 0 Å². The van der Waals surface area contributed by atoms with E-state index in [-0.39, 0.29) is 34.5 Å². The van der Waals surface area contributed by atoms with E-state index in [9.17, 15) is 23.3 Å². The van der Waals surface area contributed by atoms with Gasteiger partial charge in [0.15, 0.2) is 15.5 Å². The minimum absolute atomic E-state index is 0.0328. The summed E-state index contributed by atoms with van der Waals surface area (Å²) in [4.78, 5) is 29.8. The number of nitriles is 1. The second-order valence-corrected chi connectivity index (χ2v) is 8.21. The average Bonchev–Trinajstić information content (AvgIpc) is 2.94. The van der Waals surface area contributed by atoms with Gasteiger partial charge in [-0.3, -0.25) is 18.6 Å². The Morgan fingerprint density at radius 2 is 2.04 bits per heavy atom. The van der Waals surface area contributed by atoms with E-state index in [1.165, 1.54) is 15.0 Å². The Morgan fingerprint density at radius 3 is 2.72 bits per heavy atom. The number of hydrogen-bond donors (Lipinski definition) is 0. The zero-order valence-electron chi connectivity index (χ0n) is 12.9. The van der Waals surface area contributed by atoms with Crippen molar-refractivity contribution in [1.82, 2.24) is 14.0 Å². The van der Waals surface area contributed by atoms with Crippen LogP contribution in [-0.2, 0) is 9.84 Å². The number of pyridine rings is 2. The molecule has 1 atom stereocenters. The number of aromatic nitrogens is 3. The molecule has 3 aromatic heterocycles. The van der Waals surface area contributed by atoms with Gasteiger partial charge in [0.25, 0.3) is 11.1 Å². The SMILES string of the molecule is N#Cc1cc2c(=O)n3ccccc3nc2n([C@@H]2CCS(=O)(=O)C2)c1=O. The van der Waals surface area contributed by atoms with Gasteiger partial charge in [0.2, 0.25) is 0 Å². The lowest BCUT2D eigenvalue weighted by Crippen LogP contribution is -2.30. The molecule has 126 valence electrons. The zero-order chi connectivity index (χ0) is 17.8. The Bertz CT molecular complexity index is 1300. The molecule has 3 aromatic rings. The maximum absolute atomic E-state index is 12.7. The van der Waals surface area contributed by atoms with E-state index in [0.717, 1.165) is 0 Å². The van der Waals surface area contributed by atoms with E-state index in [1.54, 1.807) is 30.5 Å². The van der Waals surface area contributed by atoms with E-state index >= 15 is 0 Å². The Balaban J connectivity index is 2.17. The summed E-state index contributed by atoms with van der Waals surface area (Å²) in [6.45, 7) is 0. The van der Waals surface area contributed by atoms with Gasteiger partial charge in [0, 0.05) is 6.20 Å². The third-order valence-corrected chi connectivity index (χ3v) is 6.16. The van der Waals surface area contributed by atoms with Crippen molar-refractivity contribution in [2.45, 2.75) is 12.5 Å². The van der Waals surface area contributed by atoms with Gasteiger partial charge in [-0.25, -0.2) is 13.4 Å². The molecule has 0 unspecified atom stereocenters. The number of hydrogen-bond acceptors (Lipinski definition) is 6. The van der Waals surface area contributed by atoms with Crippen molar-refractivity contribution in [3.8, 4) is 6.07 Å². The number of sulfone groups is 1. The predicted octanol–water partition coefficient (Wildman–Crippen LogP) is 0.241. The van der Waals surface area contributed by atoms with Crippen LogP contribution in [0.2, 0.25) is 0 Å². The lowest BCUT2D eigenvalue weighted by molar-refractivity contribution is 0.551. The van der Waals surface area contributed by atoms with Crippen LogP contribution < -0.4 is 11.1 Å². The van der Waals surface area contributed by atoms with Crippen molar-refractivity contribution in [3.63, 3.8) is 0 Å².